The molecular weight excluding hydrogens is 344 g/mol. The van der Waals surface area contributed by atoms with Gasteiger partial charge in [-0.1, -0.05) is 37.6 Å². The van der Waals surface area contributed by atoms with Crippen molar-refractivity contribution < 1.29 is 24.5 Å². The minimum atomic E-state index is -0.827. The first-order valence-corrected chi connectivity index (χ1v) is 9.40. The lowest BCUT2D eigenvalue weighted by molar-refractivity contribution is -0.136. The molecule has 5 nitrogen and oxygen atoms in total. The molecule has 2 aromatic rings. The van der Waals surface area contributed by atoms with Crippen molar-refractivity contribution in [1.82, 2.24) is 0 Å². The number of aliphatic carboxylic acids is 1. The molecule has 2 aromatic carbocycles. The van der Waals surface area contributed by atoms with Crippen molar-refractivity contribution in [2.24, 2.45) is 0 Å². The van der Waals surface area contributed by atoms with E-state index in [9.17, 15) is 9.90 Å². The van der Waals surface area contributed by atoms with E-state index in [4.69, 9.17) is 14.6 Å². The van der Waals surface area contributed by atoms with Crippen LogP contribution in [0.3, 0.4) is 0 Å². The molecule has 2 rings (SSSR count). The summed E-state index contributed by atoms with van der Waals surface area (Å²) in [5.41, 5.74) is 2.18. The highest BCUT2D eigenvalue weighted by atomic mass is 16.5. The second-order valence-corrected chi connectivity index (χ2v) is 6.56. The fourth-order valence-electron chi connectivity index (χ4n) is 2.61. The van der Waals surface area contributed by atoms with Crippen molar-refractivity contribution in [3.05, 3.63) is 59.7 Å². The quantitative estimate of drug-likeness (QED) is 0.592. The summed E-state index contributed by atoms with van der Waals surface area (Å²) in [6.07, 6.45) is 3.19. The number of benzene rings is 2. The lowest BCUT2D eigenvalue weighted by atomic mass is 10.1. The highest BCUT2D eigenvalue weighted by Crippen LogP contribution is 2.16. The van der Waals surface area contributed by atoms with Gasteiger partial charge in [-0.25, -0.2) is 0 Å². The van der Waals surface area contributed by atoms with E-state index in [1.54, 1.807) is 12.1 Å². The number of hydrogen-bond acceptors (Lipinski definition) is 4. The summed E-state index contributed by atoms with van der Waals surface area (Å²) in [5.74, 6) is 0.509. The van der Waals surface area contributed by atoms with Gasteiger partial charge in [-0.05, 0) is 54.7 Å². The minimum Gasteiger partial charge on any atom is -0.491 e. The van der Waals surface area contributed by atoms with Gasteiger partial charge in [0.1, 0.15) is 30.8 Å². The third-order valence-corrected chi connectivity index (χ3v) is 4.15. The van der Waals surface area contributed by atoms with Crippen molar-refractivity contribution in [1.29, 1.82) is 0 Å². The summed E-state index contributed by atoms with van der Waals surface area (Å²) in [7, 11) is 0. The lowest BCUT2D eigenvalue weighted by Crippen LogP contribution is -2.25. The van der Waals surface area contributed by atoms with E-state index in [0.29, 0.717) is 12.2 Å². The van der Waals surface area contributed by atoms with Crippen LogP contribution in [-0.2, 0) is 17.6 Å². The highest BCUT2D eigenvalue weighted by molar-refractivity contribution is 5.67. The number of aliphatic hydroxyl groups excluding tert-OH is 1. The Balaban J connectivity index is 1.73. The number of carboxylic acids is 1. The van der Waals surface area contributed by atoms with Crippen LogP contribution in [0.2, 0.25) is 0 Å². The van der Waals surface area contributed by atoms with E-state index in [-0.39, 0.29) is 19.6 Å². The maximum absolute atomic E-state index is 10.6. The van der Waals surface area contributed by atoms with Crippen LogP contribution in [0.1, 0.15) is 37.3 Å². The zero-order valence-corrected chi connectivity index (χ0v) is 15.8. The number of aliphatic hydroxyl groups is 1. The van der Waals surface area contributed by atoms with Crippen LogP contribution in [0.5, 0.6) is 11.5 Å². The minimum absolute atomic E-state index is 0.0805. The molecule has 0 spiro atoms. The average Bonchev–Trinajstić information content (AvgIpc) is 2.68. The van der Waals surface area contributed by atoms with Crippen LogP contribution in [0.4, 0.5) is 0 Å². The molecule has 0 aliphatic carbocycles. The number of carboxylic acid groups (broad SMARTS) is 1. The highest BCUT2D eigenvalue weighted by Gasteiger charge is 2.08. The monoisotopic (exact) mass is 372 g/mol. The molecule has 0 radical (unpaired) electrons. The predicted molar refractivity (Wildman–Crippen MR) is 104 cm³/mol. The molecule has 146 valence electrons. The van der Waals surface area contributed by atoms with Crippen molar-refractivity contribution in [3.8, 4) is 11.5 Å². The Labute approximate surface area is 160 Å². The largest absolute Gasteiger partial charge is 0.491 e. The predicted octanol–water partition coefficient (Wildman–Crippen LogP) is 3.87. The molecule has 27 heavy (non-hydrogen) atoms. The van der Waals surface area contributed by atoms with Crippen molar-refractivity contribution in [3.63, 3.8) is 0 Å². The maximum Gasteiger partial charge on any atom is 0.303 e. The van der Waals surface area contributed by atoms with Crippen LogP contribution < -0.4 is 9.47 Å². The van der Waals surface area contributed by atoms with Gasteiger partial charge in [-0.3, -0.25) is 4.79 Å². The third kappa shape index (κ3) is 8.13. The average molecular weight is 372 g/mol. The molecule has 0 amide bonds. The maximum atomic E-state index is 10.6. The summed E-state index contributed by atoms with van der Waals surface area (Å²) in [6, 6.07) is 15.2. The molecule has 0 saturated carbocycles. The first-order chi connectivity index (χ1) is 13.1. The molecule has 0 saturated heterocycles. The number of rotatable bonds is 12. The van der Waals surface area contributed by atoms with Crippen LogP contribution in [0, 0.1) is 0 Å². The number of ether oxygens (including phenoxy) is 2. The van der Waals surface area contributed by atoms with E-state index >= 15 is 0 Å². The number of hydrogen-bond donors (Lipinski definition) is 2. The Morgan fingerprint density at radius 3 is 2.33 bits per heavy atom. The van der Waals surface area contributed by atoms with Crippen molar-refractivity contribution in [2.75, 3.05) is 13.2 Å². The summed E-state index contributed by atoms with van der Waals surface area (Å²) < 4.78 is 11.2. The second kappa shape index (κ2) is 11.2. The smallest absolute Gasteiger partial charge is 0.303 e. The first kappa shape index (κ1) is 20.8. The summed E-state index contributed by atoms with van der Waals surface area (Å²) >= 11 is 0. The van der Waals surface area contributed by atoms with E-state index in [1.807, 2.05) is 24.3 Å². The molecule has 0 aliphatic rings. The fraction of sp³-hybridized carbons (Fsp3) is 0.409. The first-order valence-electron chi connectivity index (χ1n) is 9.40. The van der Waals surface area contributed by atoms with Gasteiger partial charge in [-0.15, -0.1) is 0 Å². The topological polar surface area (TPSA) is 76.0 Å². The Morgan fingerprint density at radius 1 is 0.963 bits per heavy atom. The molecule has 0 fully saturated rings. The Kier molecular flexibility index (Phi) is 8.65. The van der Waals surface area contributed by atoms with E-state index in [2.05, 4.69) is 19.1 Å². The molecule has 0 aromatic heterocycles. The molecule has 0 aliphatic heterocycles. The SMILES string of the molecule is CCCCc1ccc(OCC(O)COc2cccc(CCC(=O)O)c2)cc1. The Morgan fingerprint density at radius 2 is 1.67 bits per heavy atom. The Bertz CT molecular complexity index is 696. The zero-order valence-electron chi connectivity index (χ0n) is 15.8. The summed E-state index contributed by atoms with van der Waals surface area (Å²) in [4.78, 5) is 10.6. The van der Waals surface area contributed by atoms with Gasteiger partial charge in [0.25, 0.3) is 0 Å². The van der Waals surface area contributed by atoms with Gasteiger partial charge < -0.3 is 19.7 Å². The van der Waals surface area contributed by atoms with Gasteiger partial charge in [0.05, 0.1) is 0 Å². The summed E-state index contributed by atoms with van der Waals surface area (Å²) in [5, 5.41) is 18.8. The van der Waals surface area contributed by atoms with Crippen LogP contribution in [-0.4, -0.2) is 35.5 Å². The zero-order chi connectivity index (χ0) is 19.5. The van der Waals surface area contributed by atoms with Crippen molar-refractivity contribution >= 4 is 5.97 Å². The molecule has 1 unspecified atom stereocenters. The van der Waals surface area contributed by atoms with Gasteiger partial charge in [0.2, 0.25) is 0 Å². The normalized spacial score (nSPS) is 11.8. The lowest BCUT2D eigenvalue weighted by Gasteiger charge is -2.14. The number of carbonyl (C=O) groups is 1. The van der Waals surface area contributed by atoms with E-state index in [0.717, 1.165) is 17.7 Å². The standard InChI is InChI=1S/C22H28O5/c1-2-3-5-17-8-11-20(12-9-17)26-15-19(23)16-27-21-7-4-6-18(14-21)10-13-22(24)25/h4,6-9,11-12,14,19,23H,2-3,5,10,13,15-16H2,1H3,(H,24,25). The van der Waals surface area contributed by atoms with Gasteiger partial charge in [0, 0.05) is 6.42 Å². The van der Waals surface area contributed by atoms with Crippen LogP contribution in [0.15, 0.2) is 48.5 Å². The number of aryl methyl sites for hydroxylation is 2. The third-order valence-electron chi connectivity index (χ3n) is 4.15. The van der Waals surface area contributed by atoms with Crippen molar-refractivity contribution in [2.45, 2.75) is 45.1 Å². The van der Waals surface area contributed by atoms with Gasteiger partial charge >= 0.3 is 5.97 Å². The molecule has 0 heterocycles. The summed E-state index contributed by atoms with van der Waals surface area (Å²) in [6.45, 7) is 2.43. The van der Waals surface area contributed by atoms with E-state index in [1.165, 1.54) is 18.4 Å². The molecule has 2 N–H and O–H groups in total. The van der Waals surface area contributed by atoms with Crippen LogP contribution >= 0.6 is 0 Å². The molecule has 1 atom stereocenters. The molecule has 0 bridgehead atoms. The Hall–Kier alpha value is -2.53. The van der Waals surface area contributed by atoms with E-state index < -0.39 is 12.1 Å². The molecule has 5 heteroatoms. The second-order valence-electron chi connectivity index (χ2n) is 6.56. The fourth-order valence-corrected chi connectivity index (χ4v) is 2.61. The number of unbranched alkanes of at least 4 members (excludes halogenated alkanes) is 1. The van der Waals surface area contributed by atoms with Gasteiger partial charge in [-0.2, -0.15) is 0 Å². The molecular formula is C22H28O5. The van der Waals surface area contributed by atoms with Crippen LogP contribution in [0.25, 0.3) is 0 Å². The van der Waals surface area contributed by atoms with Gasteiger partial charge in [0.15, 0.2) is 0 Å².